The second-order valence-corrected chi connectivity index (χ2v) is 7.13. The Morgan fingerprint density at radius 2 is 0.964 bits per heavy atom. The number of hydrogen-bond donors (Lipinski definition) is 0. The van der Waals surface area contributed by atoms with Gasteiger partial charge < -0.3 is 0 Å². The Hall–Kier alpha value is -0.850. The molecule has 168 valence electrons. The summed E-state index contributed by atoms with van der Waals surface area (Å²) in [7, 11) is -7.23. The van der Waals surface area contributed by atoms with Gasteiger partial charge in [-0.2, -0.15) is 74.1 Å². The minimum Gasteiger partial charge on any atom is -0.206 e. The fraction of sp³-hybridized carbons (Fsp3) is 1.00. The van der Waals surface area contributed by atoms with Crippen LogP contribution in [0.4, 0.5) is 65.9 Å². The average Bonchev–Trinajstić information content (AvgIpc) is 2.42. The van der Waals surface area contributed by atoms with Crippen LogP contribution in [-0.4, -0.2) is 54.5 Å². The summed E-state index contributed by atoms with van der Waals surface area (Å²) >= 11 is 3.36. The van der Waals surface area contributed by atoms with Crippen LogP contribution in [0, 0.1) is 0 Å². The van der Waals surface area contributed by atoms with Gasteiger partial charge in [-0.05, 0) is 11.6 Å². The Morgan fingerprint density at radius 3 is 1.21 bits per heavy atom. The van der Waals surface area contributed by atoms with Crippen molar-refractivity contribution in [2.24, 2.45) is 0 Å². The molecule has 0 N–H and O–H groups in total. The van der Waals surface area contributed by atoms with Crippen LogP contribution in [0.25, 0.3) is 0 Å². The van der Waals surface area contributed by atoms with Gasteiger partial charge in [-0.25, -0.2) is 4.39 Å². The van der Waals surface area contributed by atoms with Crippen molar-refractivity contribution in [2.45, 2.75) is 46.1 Å². The third-order valence-corrected chi connectivity index (χ3v) is 5.12. The Morgan fingerprint density at radius 1 is 0.643 bits per heavy atom. The largest absolute Gasteiger partial charge is 0.427 e. The smallest absolute Gasteiger partial charge is 0.206 e. The van der Waals surface area contributed by atoms with E-state index in [4.69, 9.17) is 0 Å². The van der Waals surface area contributed by atoms with Gasteiger partial charge in [0.1, 0.15) is 0 Å². The molecule has 1 saturated heterocycles. The molecule has 1 fully saturated rings. The zero-order valence-corrected chi connectivity index (χ0v) is 13.3. The van der Waals surface area contributed by atoms with Gasteiger partial charge in [0.2, 0.25) is 0 Å². The maximum Gasteiger partial charge on any atom is 0.427 e. The van der Waals surface area contributed by atoms with Crippen LogP contribution in [0.1, 0.15) is 0 Å². The zero-order valence-electron chi connectivity index (χ0n) is 11.7. The van der Waals surface area contributed by atoms with Gasteiger partial charge in [0.25, 0.3) is 0 Å². The van der Waals surface area contributed by atoms with E-state index in [-0.39, 0.29) is 0 Å². The van der Waals surface area contributed by atoms with Crippen molar-refractivity contribution in [3.8, 4) is 0 Å². The highest BCUT2D eigenvalue weighted by Gasteiger charge is 3.00. The summed E-state index contributed by atoms with van der Waals surface area (Å²) in [4.78, 5) is 0. The van der Waals surface area contributed by atoms with Gasteiger partial charge >= 0.3 is 56.2 Å². The van der Waals surface area contributed by atoms with Crippen molar-refractivity contribution in [3.05, 3.63) is 0 Å². The molecule has 0 amide bonds. The maximum absolute atomic E-state index is 13.6. The molecule has 0 aliphatic carbocycles. The van der Waals surface area contributed by atoms with E-state index in [1.807, 2.05) is 0 Å². The molecule has 0 radical (unpaired) electrons. The van der Waals surface area contributed by atoms with Crippen molar-refractivity contribution in [1.82, 2.24) is 0 Å². The zero-order chi connectivity index (χ0) is 23.2. The lowest BCUT2D eigenvalue weighted by molar-refractivity contribution is -0.443. The molecule has 0 spiro atoms. The van der Waals surface area contributed by atoms with Gasteiger partial charge in [-0.15, -0.1) is 0 Å². The van der Waals surface area contributed by atoms with Crippen LogP contribution in [0.15, 0.2) is 0 Å². The van der Waals surface area contributed by atoms with Gasteiger partial charge in [-0.1, -0.05) is 0 Å². The molecule has 0 aromatic heterocycles. The molecule has 1 aliphatic rings. The van der Waals surface area contributed by atoms with E-state index in [2.05, 4.69) is 15.8 Å². The Bertz CT molecular complexity index is 756. The van der Waals surface area contributed by atoms with E-state index in [1.54, 1.807) is 0 Å². The molecule has 1 heterocycles. The number of hydrogen-bond acceptors (Lipinski definition) is 3. The summed E-state index contributed by atoms with van der Waals surface area (Å²) in [5.41, 5.74) is 0. The van der Waals surface area contributed by atoms with Crippen LogP contribution < -0.4 is 0 Å². The van der Waals surface area contributed by atoms with E-state index < -0.39 is 56.2 Å². The Labute approximate surface area is 147 Å². The van der Waals surface area contributed by atoms with Gasteiger partial charge in [-0.3, -0.25) is 0 Å². The van der Waals surface area contributed by atoms with Crippen LogP contribution in [0.3, 0.4) is 0 Å². The highest BCUT2D eigenvalue weighted by molar-refractivity contribution is 7.89. The Kier molecular flexibility index (Phi) is 5.07. The molecular weight excluding hydrogens is 497 g/mol. The molecule has 28 heavy (non-hydrogen) atoms. The molecule has 1 atom stereocenters. The second kappa shape index (κ2) is 5.64. The predicted molar refractivity (Wildman–Crippen MR) is 54.3 cm³/mol. The average molecular weight is 497 g/mol. The van der Waals surface area contributed by atoms with Gasteiger partial charge in [0.05, 0.1) is 0 Å². The molecule has 0 aromatic carbocycles. The normalized spacial score (nSPS) is 26.7. The molecule has 0 bridgehead atoms. The molecule has 0 unspecified atom stereocenters. The number of alkyl halides is 16. The maximum atomic E-state index is 13.6. The monoisotopic (exact) mass is 496 g/mol. The predicted octanol–water partition coefficient (Wildman–Crippen LogP) is 4.61. The molecule has 1 rings (SSSR count). The lowest BCUT2D eigenvalue weighted by atomic mass is 9.91. The standard InChI is InChI=1S/C8ClF15O3S/c9-7(21,22)5(18,19)3(14,15)1(10,11)2(12,13)4(16,17)6(20)8(23,24)27-28(6,25)26/t6-/m0/s1. The van der Waals surface area contributed by atoms with Gasteiger partial charge in [0, 0.05) is 0 Å². The summed E-state index contributed by atoms with van der Waals surface area (Å²) in [6, 6.07) is 0. The molecular formula is C8ClF15O3S. The van der Waals surface area contributed by atoms with Crippen molar-refractivity contribution >= 4 is 21.7 Å². The van der Waals surface area contributed by atoms with E-state index in [0.29, 0.717) is 0 Å². The summed E-state index contributed by atoms with van der Waals surface area (Å²) in [6.45, 7) is 0. The van der Waals surface area contributed by atoms with Crippen LogP contribution in [-0.2, 0) is 14.3 Å². The highest BCUT2D eigenvalue weighted by atomic mass is 35.5. The number of halogens is 16. The molecule has 1 aliphatic heterocycles. The third-order valence-electron chi connectivity index (χ3n) is 3.27. The summed E-state index contributed by atoms with van der Waals surface area (Å²) in [5, 5.41) is -14.0. The molecule has 20 heteroatoms. The lowest BCUT2D eigenvalue weighted by Gasteiger charge is -2.48. The first-order chi connectivity index (χ1) is 11.7. The van der Waals surface area contributed by atoms with Crippen molar-refractivity contribution in [1.29, 1.82) is 0 Å². The minimum atomic E-state index is -8.48. The van der Waals surface area contributed by atoms with E-state index in [0.717, 1.165) is 0 Å². The molecule has 3 nitrogen and oxygen atoms in total. The van der Waals surface area contributed by atoms with E-state index in [9.17, 15) is 74.3 Å². The lowest BCUT2D eigenvalue weighted by Crippen LogP contribution is -2.81. The molecule has 0 saturated carbocycles. The van der Waals surface area contributed by atoms with E-state index in [1.165, 1.54) is 0 Å². The van der Waals surface area contributed by atoms with Crippen molar-refractivity contribution in [2.75, 3.05) is 0 Å². The SMILES string of the molecule is O=S1(=O)OC(F)(F)[C@]1(F)C(F)(F)C(F)(F)C(F)(F)C(F)(F)C(F)(F)C(F)(F)Cl. The Balaban J connectivity index is 3.73. The van der Waals surface area contributed by atoms with Crippen molar-refractivity contribution in [3.63, 3.8) is 0 Å². The minimum absolute atomic E-state index is 2.16. The fourth-order valence-corrected chi connectivity index (χ4v) is 2.95. The highest BCUT2D eigenvalue weighted by Crippen LogP contribution is 2.67. The molecule has 0 aromatic rings. The van der Waals surface area contributed by atoms with Crippen LogP contribution >= 0.6 is 11.6 Å². The first-order valence-corrected chi connectivity index (χ1v) is 7.47. The summed E-state index contributed by atoms with van der Waals surface area (Å²) in [6.07, 6.45) is -6.57. The fourth-order valence-electron chi connectivity index (χ4n) is 1.67. The van der Waals surface area contributed by atoms with Crippen LogP contribution in [0.5, 0.6) is 0 Å². The summed E-state index contributed by atoms with van der Waals surface area (Å²) < 4.78 is 218. The number of rotatable bonds is 6. The topological polar surface area (TPSA) is 43.4 Å². The quantitative estimate of drug-likeness (QED) is 0.306. The van der Waals surface area contributed by atoms with Gasteiger partial charge in [0.15, 0.2) is 0 Å². The second-order valence-electron chi connectivity index (χ2n) is 5.02. The van der Waals surface area contributed by atoms with E-state index >= 15 is 0 Å². The summed E-state index contributed by atoms with van der Waals surface area (Å²) in [5.74, 6) is -41.1. The first-order valence-electron chi connectivity index (χ1n) is 5.68. The first kappa shape index (κ1) is 25.2. The van der Waals surface area contributed by atoms with Crippen LogP contribution in [0.2, 0.25) is 0 Å². The van der Waals surface area contributed by atoms with Crippen molar-refractivity contribution < 1.29 is 78.5 Å². The third kappa shape index (κ3) is 2.46.